The van der Waals surface area contributed by atoms with Crippen LogP contribution in [-0.4, -0.2) is 0 Å². The Bertz CT molecular complexity index is 357. The van der Waals surface area contributed by atoms with E-state index in [2.05, 4.69) is 52.8 Å². The summed E-state index contributed by atoms with van der Waals surface area (Å²) in [4.78, 5) is 0. The van der Waals surface area contributed by atoms with Crippen molar-refractivity contribution in [2.75, 3.05) is 0 Å². The van der Waals surface area contributed by atoms with Crippen LogP contribution in [0, 0.1) is 27.7 Å². The van der Waals surface area contributed by atoms with Crippen molar-refractivity contribution in [1.82, 2.24) is 0 Å². The molecule has 0 aliphatic heterocycles. The summed E-state index contributed by atoms with van der Waals surface area (Å²) in [5, 5.41) is 0. The number of hydrogen-bond acceptors (Lipinski definition) is 0. The van der Waals surface area contributed by atoms with Crippen molar-refractivity contribution in [3.63, 3.8) is 0 Å². The van der Waals surface area contributed by atoms with Gasteiger partial charge in [-0.3, -0.25) is 0 Å². The Hall–Kier alpha value is -1.04. The second-order valence-electron chi connectivity index (χ2n) is 4.00. The van der Waals surface area contributed by atoms with Crippen LogP contribution in [0.15, 0.2) is 18.2 Å². The van der Waals surface area contributed by atoms with Gasteiger partial charge in [0.1, 0.15) is 0 Å². The highest BCUT2D eigenvalue weighted by molar-refractivity contribution is 5.44. The summed E-state index contributed by atoms with van der Waals surface area (Å²) in [7, 11) is 0. The molecular weight excluding hydrogens is 168 g/mol. The highest BCUT2D eigenvalue weighted by Gasteiger charge is 2.05. The van der Waals surface area contributed by atoms with Crippen molar-refractivity contribution in [3.05, 3.63) is 46.0 Å². The molecule has 76 valence electrons. The predicted molar refractivity (Wildman–Crippen MR) is 63.9 cm³/mol. The van der Waals surface area contributed by atoms with Gasteiger partial charge < -0.3 is 0 Å². The summed E-state index contributed by atoms with van der Waals surface area (Å²) in [6.45, 7) is 10.9. The maximum Gasteiger partial charge on any atom is -0.00947 e. The van der Waals surface area contributed by atoms with Gasteiger partial charge in [0.25, 0.3) is 0 Å². The molecule has 0 N–H and O–H groups in total. The van der Waals surface area contributed by atoms with Crippen LogP contribution in [-0.2, 0) is 6.42 Å². The summed E-state index contributed by atoms with van der Waals surface area (Å²) in [5.41, 5.74) is 7.21. The van der Waals surface area contributed by atoms with Gasteiger partial charge in [-0.05, 0) is 68.9 Å². The van der Waals surface area contributed by atoms with Crippen LogP contribution in [0.25, 0.3) is 0 Å². The third-order valence-electron chi connectivity index (χ3n) is 3.16. The zero-order valence-corrected chi connectivity index (χ0v) is 9.94. The van der Waals surface area contributed by atoms with Crippen LogP contribution < -0.4 is 0 Å². The van der Waals surface area contributed by atoms with Crippen LogP contribution in [0.1, 0.15) is 34.7 Å². The maximum absolute atomic E-state index is 2.32. The van der Waals surface area contributed by atoms with Crippen molar-refractivity contribution < 1.29 is 0 Å². The molecule has 0 nitrogen and oxygen atoms in total. The lowest BCUT2D eigenvalue weighted by atomic mass is 9.93. The zero-order valence-electron chi connectivity index (χ0n) is 9.94. The lowest BCUT2D eigenvalue weighted by Gasteiger charge is -2.12. The van der Waals surface area contributed by atoms with Gasteiger partial charge in [-0.25, -0.2) is 0 Å². The molecule has 0 aliphatic rings. The molecule has 14 heavy (non-hydrogen) atoms. The monoisotopic (exact) mass is 188 g/mol. The standard InChI is InChI=1S/C14H20/c1-6-7-8-14-9-10(2)11(3)12(4)13(14)5/h6-7,9H,8H2,1-5H3. The first kappa shape index (κ1) is 11.0. The van der Waals surface area contributed by atoms with E-state index in [1.807, 2.05) is 0 Å². The molecule has 0 atom stereocenters. The Labute approximate surface area is 87.7 Å². The molecule has 0 heteroatoms. The first-order valence-corrected chi connectivity index (χ1v) is 5.25. The quantitative estimate of drug-likeness (QED) is 0.614. The lowest BCUT2D eigenvalue weighted by molar-refractivity contribution is 1.13. The minimum absolute atomic E-state index is 1.06. The summed E-state index contributed by atoms with van der Waals surface area (Å²) in [6.07, 6.45) is 5.39. The van der Waals surface area contributed by atoms with Crippen molar-refractivity contribution >= 4 is 0 Å². The number of hydrogen-bond donors (Lipinski definition) is 0. The van der Waals surface area contributed by atoms with Crippen LogP contribution >= 0.6 is 0 Å². The van der Waals surface area contributed by atoms with Gasteiger partial charge >= 0.3 is 0 Å². The van der Waals surface area contributed by atoms with E-state index >= 15 is 0 Å². The first-order chi connectivity index (χ1) is 6.57. The van der Waals surface area contributed by atoms with Crippen LogP contribution in [0.5, 0.6) is 0 Å². The van der Waals surface area contributed by atoms with Crippen LogP contribution in [0.3, 0.4) is 0 Å². The molecule has 0 aliphatic carbocycles. The van der Waals surface area contributed by atoms with Crippen molar-refractivity contribution in [2.45, 2.75) is 41.0 Å². The molecule has 0 aromatic heterocycles. The number of allylic oxidation sites excluding steroid dienone is 2. The van der Waals surface area contributed by atoms with Gasteiger partial charge in [0.05, 0.1) is 0 Å². The molecule has 1 aromatic carbocycles. The normalized spacial score (nSPS) is 11.2. The van der Waals surface area contributed by atoms with Gasteiger partial charge in [-0.2, -0.15) is 0 Å². The SMILES string of the molecule is CC=CCc1cc(C)c(C)c(C)c1C. The van der Waals surface area contributed by atoms with Gasteiger partial charge in [0.2, 0.25) is 0 Å². The van der Waals surface area contributed by atoms with E-state index in [1.165, 1.54) is 27.8 Å². The molecule has 0 amide bonds. The molecule has 0 unspecified atom stereocenters. The Kier molecular flexibility index (Phi) is 3.51. The van der Waals surface area contributed by atoms with Crippen LogP contribution in [0.4, 0.5) is 0 Å². The van der Waals surface area contributed by atoms with Crippen molar-refractivity contribution in [2.24, 2.45) is 0 Å². The molecule has 1 rings (SSSR count). The van der Waals surface area contributed by atoms with E-state index in [9.17, 15) is 0 Å². The first-order valence-electron chi connectivity index (χ1n) is 5.25. The number of aryl methyl sites for hydroxylation is 1. The average molecular weight is 188 g/mol. The topological polar surface area (TPSA) is 0 Å². The van der Waals surface area contributed by atoms with E-state index in [0.717, 1.165) is 6.42 Å². The third kappa shape index (κ3) is 2.06. The molecule has 0 radical (unpaired) electrons. The Morgan fingerprint density at radius 3 is 2.21 bits per heavy atom. The van der Waals surface area contributed by atoms with Crippen molar-refractivity contribution in [3.8, 4) is 0 Å². The fourth-order valence-electron chi connectivity index (χ4n) is 1.75. The average Bonchev–Trinajstić information content (AvgIpc) is 2.18. The Morgan fingerprint density at radius 2 is 1.64 bits per heavy atom. The summed E-state index contributed by atoms with van der Waals surface area (Å²) in [5.74, 6) is 0. The van der Waals surface area contributed by atoms with E-state index in [1.54, 1.807) is 0 Å². The zero-order chi connectivity index (χ0) is 10.7. The Morgan fingerprint density at radius 1 is 1.00 bits per heavy atom. The van der Waals surface area contributed by atoms with E-state index < -0.39 is 0 Å². The largest absolute Gasteiger partial charge is 0.0913 e. The van der Waals surface area contributed by atoms with E-state index in [-0.39, 0.29) is 0 Å². The smallest absolute Gasteiger partial charge is 0.00947 e. The van der Waals surface area contributed by atoms with E-state index in [4.69, 9.17) is 0 Å². The highest BCUT2D eigenvalue weighted by Crippen LogP contribution is 2.21. The minimum atomic E-state index is 1.06. The van der Waals surface area contributed by atoms with Gasteiger partial charge in [-0.15, -0.1) is 0 Å². The lowest BCUT2D eigenvalue weighted by Crippen LogP contribution is -1.96. The summed E-state index contributed by atoms with van der Waals surface area (Å²) < 4.78 is 0. The highest BCUT2D eigenvalue weighted by atomic mass is 14.1. The van der Waals surface area contributed by atoms with Crippen LogP contribution in [0.2, 0.25) is 0 Å². The van der Waals surface area contributed by atoms with Gasteiger partial charge in [0, 0.05) is 0 Å². The molecule has 0 heterocycles. The van der Waals surface area contributed by atoms with E-state index in [0.29, 0.717) is 0 Å². The molecule has 0 saturated heterocycles. The molecule has 0 spiro atoms. The molecule has 0 bridgehead atoms. The Balaban J connectivity index is 3.19. The second kappa shape index (κ2) is 4.45. The molecular formula is C14H20. The second-order valence-corrected chi connectivity index (χ2v) is 4.00. The summed E-state index contributed by atoms with van der Waals surface area (Å²) >= 11 is 0. The van der Waals surface area contributed by atoms with Crippen molar-refractivity contribution in [1.29, 1.82) is 0 Å². The molecule has 0 saturated carbocycles. The number of benzene rings is 1. The third-order valence-corrected chi connectivity index (χ3v) is 3.16. The fourth-order valence-corrected chi connectivity index (χ4v) is 1.75. The molecule has 0 fully saturated rings. The van der Waals surface area contributed by atoms with Gasteiger partial charge in [-0.1, -0.05) is 18.2 Å². The van der Waals surface area contributed by atoms with Gasteiger partial charge in [0.15, 0.2) is 0 Å². The predicted octanol–water partition coefficient (Wildman–Crippen LogP) is 4.04. The number of rotatable bonds is 2. The maximum atomic E-state index is 2.32. The molecule has 1 aromatic rings. The summed E-state index contributed by atoms with van der Waals surface area (Å²) in [6, 6.07) is 2.32. The minimum Gasteiger partial charge on any atom is -0.0913 e. The fraction of sp³-hybridized carbons (Fsp3) is 0.429.